The lowest BCUT2D eigenvalue weighted by molar-refractivity contribution is 0.926. The average molecular weight is 269 g/mol. The van der Waals surface area contributed by atoms with Crippen LogP contribution in [-0.4, -0.2) is 18.1 Å². The first-order valence-corrected chi connectivity index (χ1v) is 7.38. The normalized spacial score (nSPS) is 14.6. The van der Waals surface area contributed by atoms with E-state index in [4.69, 9.17) is 0 Å². The molecule has 96 valence electrons. The molecule has 1 saturated heterocycles. The number of aromatic nitrogens is 1. The molecule has 19 heavy (non-hydrogen) atoms. The lowest BCUT2D eigenvalue weighted by Crippen LogP contribution is -2.21. The molecular formula is C15H15N3S. The molecule has 0 spiro atoms. The van der Waals surface area contributed by atoms with Gasteiger partial charge in [-0.2, -0.15) is 5.26 Å². The summed E-state index contributed by atoms with van der Waals surface area (Å²) in [5.41, 5.74) is 2.71. The molecule has 3 rings (SSSR count). The van der Waals surface area contributed by atoms with Crippen molar-refractivity contribution in [3.05, 3.63) is 34.8 Å². The van der Waals surface area contributed by atoms with E-state index in [0.29, 0.717) is 0 Å². The summed E-state index contributed by atoms with van der Waals surface area (Å²) in [5, 5.41) is 11.6. The largest absolute Gasteiger partial charge is 0.355 e. The summed E-state index contributed by atoms with van der Waals surface area (Å²) in [7, 11) is 0. The van der Waals surface area contributed by atoms with Crippen LogP contribution in [0.25, 0.3) is 10.4 Å². The Bertz CT molecular complexity index is 620. The highest BCUT2D eigenvalue weighted by Gasteiger charge is 2.21. The molecule has 2 aromatic rings. The maximum atomic E-state index is 9.54. The number of nitrogens with zero attached hydrogens (tertiary/aromatic N) is 3. The Morgan fingerprint density at radius 3 is 2.79 bits per heavy atom. The first-order chi connectivity index (χ1) is 9.29. The van der Waals surface area contributed by atoms with Gasteiger partial charge < -0.3 is 4.90 Å². The van der Waals surface area contributed by atoms with Gasteiger partial charge in [-0.25, -0.2) is 4.98 Å². The number of rotatable bonds is 2. The Balaban J connectivity index is 2.17. The second kappa shape index (κ2) is 5.02. The molecule has 0 unspecified atom stereocenters. The molecule has 4 heteroatoms. The van der Waals surface area contributed by atoms with Gasteiger partial charge >= 0.3 is 0 Å². The van der Waals surface area contributed by atoms with Gasteiger partial charge in [-0.15, -0.1) is 11.3 Å². The van der Waals surface area contributed by atoms with Crippen LogP contribution in [-0.2, 0) is 0 Å². The van der Waals surface area contributed by atoms with Crippen LogP contribution in [0, 0.1) is 18.3 Å². The highest BCUT2D eigenvalue weighted by molar-refractivity contribution is 7.13. The minimum atomic E-state index is 0.718. The fraction of sp³-hybridized carbons (Fsp3) is 0.333. The third kappa shape index (κ3) is 2.22. The monoisotopic (exact) mass is 269 g/mol. The van der Waals surface area contributed by atoms with E-state index in [1.165, 1.54) is 12.8 Å². The number of hydrogen-bond acceptors (Lipinski definition) is 4. The molecule has 0 radical (unpaired) electrons. The van der Waals surface area contributed by atoms with Gasteiger partial charge in [-0.05, 0) is 37.3 Å². The van der Waals surface area contributed by atoms with Crippen LogP contribution in [0.15, 0.2) is 23.6 Å². The van der Waals surface area contributed by atoms with Gasteiger partial charge in [-0.3, -0.25) is 0 Å². The molecule has 3 heterocycles. The van der Waals surface area contributed by atoms with E-state index >= 15 is 0 Å². The van der Waals surface area contributed by atoms with Crippen molar-refractivity contribution in [1.29, 1.82) is 5.26 Å². The smallest absolute Gasteiger partial charge is 0.147 e. The maximum absolute atomic E-state index is 9.54. The Hall–Kier alpha value is -1.86. The van der Waals surface area contributed by atoms with Crippen LogP contribution < -0.4 is 4.90 Å². The van der Waals surface area contributed by atoms with Crippen molar-refractivity contribution in [1.82, 2.24) is 4.98 Å². The molecule has 2 aromatic heterocycles. The van der Waals surface area contributed by atoms with Crippen molar-refractivity contribution in [2.75, 3.05) is 18.0 Å². The fourth-order valence-electron chi connectivity index (χ4n) is 2.55. The van der Waals surface area contributed by atoms with Crippen LogP contribution in [0.5, 0.6) is 0 Å². The molecule has 3 nitrogen and oxygen atoms in total. The zero-order valence-corrected chi connectivity index (χ0v) is 11.7. The van der Waals surface area contributed by atoms with Crippen LogP contribution in [0.2, 0.25) is 0 Å². The van der Waals surface area contributed by atoms with Crippen molar-refractivity contribution >= 4 is 17.2 Å². The molecule has 1 fully saturated rings. The SMILES string of the molecule is Cc1cc(-c2cccs2)c(C#N)c(N2CCCC2)n1. The van der Waals surface area contributed by atoms with Gasteiger partial charge in [0, 0.05) is 29.2 Å². The summed E-state index contributed by atoms with van der Waals surface area (Å²) in [6.45, 7) is 4.02. The minimum absolute atomic E-state index is 0.718. The summed E-state index contributed by atoms with van der Waals surface area (Å²) < 4.78 is 0. The van der Waals surface area contributed by atoms with Crippen LogP contribution in [0.3, 0.4) is 0 Å². The fourth-order valence-corrected chi connectivity index (χ4v) is 3.30. The molecule has 0 atom stereocenters. The zero-order chi connectivity index (χ0) is 13.2. The van der Waals surface area contributed by atoms with Crippen LogP contribution >= 0.6 is 11.3 Å². The molecule has 0 amide bonds. The Morgan fingerprint density at radius 2 is 2.16 bits per heavy atom. The van der Waals surface area contributed by atoms with Crippen molar-refractivity contribution in [3.63, 3.8) is 0 Å². The molecule has 0 saturated carbocycles. The van der Waals surface area contributed by atoms with Crippen molar-refractivity contribution in [2.45, 2.75) is 19.8 Å². The number of aryl methyl sites for hydroxylation is 1. The third-order valence-electron chi connectivity index (χ3n) is 3.43. The molecule has 0 N–H and O–H groups in total. The summed E-state index contributed by atoms with van der Waals surface area (Å²) in [6.07, 6.45) is 2.38. The van der Waals surface area contributed by atoms with Crippen LogP contribution in [0.4, 0.5) is 5.82 Å². The Morgan fingerprint density at radius 1 is 1.37 bits per heavy atom. The standard InChI is InChI=1S/C15H15N3S/c1-11-9-12(14-5-4-8-19-14)13(10-16)15(17-11)18-6-2-3-7-18/h4-5,8-9H,2-3,6-7H2,1H3. The first-order valence-electron chi connectivity index (χ1n) is 6.50. The Kier molecular flexibility index (Phi) is 3.22. The summed E-state index contributed by atoms with van der Waals surface area (Å²) in [6, 6.07) is 8.46. The van der Waals surface area contributed by atoms with E-state index in [0.717, 1.165) is 40.6 Å². The molecule has 1 aliphatic heterocycles. The van der Waals surface area contributed by atoms with E-state index in [2.05, 4.69) is 22.0 Å². The summed E-state index contributed by atoms with van der Waals surface area (Å²) in [5.74, 6) is 0.864. The molecule has 0 bridgehead atoms. The molecule has 0 aromatic carbocycles. The topological polar surface area (TPSA) is 39.9 Å². The predicted octanol–water partition coefficient (Wildman–Crippen LogP) is 3.59. The Labute approximate surface area is 117 Å². The predicted molar refractivity (Wildman–Crippen MR) is 78.4 cm³/mol. The van der Waals surface area contributed by atoms with E-state index in [1.54, 1.807) is 11.3 Å². The number of hydrogen-bond donors (Lipinski definition) is 0. The second-order valence-electron chi connectivity index (χ2n) is 4.79. The van der Waals surface area contributed by atoms with Gasteiger partial charge in [0.1, 0.15) is 17.5 Å². The second-order valence-corrected chi connectivity index (χ2v) is 5.74. The van der Waals surface area contributed by atoms with Gasteiger partial charge in [0.2, 0.25) is 0 Å². The van der Waals surface area contributed by atoms with Crippen molar-refractivity contribution < 1.29 is 0 Å². The van der Waals surface area contributed by atoms with Gasteiger partial charge in [-0.1, -0.05) is 6.07 Å². The third-order valence-corrected chi connectivity index (χ3v) is 4.34. The summed E-state index contributed by atoms with van der Waals surface area (Å²) >= 11 is 1.67. The highest BCUT2D eigenvalue weighted by Crippen LogP contribution is 2.34. The van der Waals surface area contributed by atoms with Crippen molar-refractivity contribution in [3.8, 4) is 16.5 Å². The minimum Gasteiger partial charge on any atom is -0.355 e. The molecular weight excluding hydrogens is 254 g/mol. The number of pyridine rings is 1. The molecule has 0 aliphatic carbocycles. The first kappa shape index (κ1) is 12.2. The summed E-state index contributed by atoms with van der Waals surface area (Å²) in [4.78, 5) is 7.98. The van der Waals surface area contributed by atoms with E-state index in [-0.39, 0.29) is 0 Å². The van der Waals surface area contributed by atoms with E-state index in [1.807, 2.05) is 24.4 Å². The van der Waals surface area contributed by atoms with Gasteiger partial charge in [0.05, 0.1) is 0 Å². The maximum Gasteiger partial charge on any atom is 0.147 e. The van der Waals surface area contributed by atoms with Crippen LogP contribution in [0.1, 0.15) is 24.1 Å². The lowest BCUT2D eigenvalue weighted by Gasteiger charge is -2.19. The average Bonchev–Trinajstić information content (AvgIpc) is 3.11. The number of nitriles is 1. The zero-order valence-electron chi connectivity index (χ0n) is 10.9. The highest BCUT2D eigenvalue weighted by atomic mass is 32.1. The van der Waals surface area contributed by atoms with Crippen molar-refractivity contribution in [2.24, 2.45) is 0 Å². The van der Waals surface area contributed by atoms with E-state index in [9.17, 15) is 5.26 Å². The van der Waals surface area contributed by atoms with Gasteiger partial charge in [0.25, 0.3) is 0 Å². The van der Waals surface area contributed by atoms with E-state index < -0.39 is 0 Å². The molecule has 1 aliphatic rings. The number of anilines is 1. The quantitative estimate of drug-likeness (QED) is 0.836. The number of thiophene rings is 1. The van der Waals surface area contributed by atoms with Gasteiger partial charge in [0.15, 0.2) is 0 Å². The lowest BCUT2D eigenvalue weighted by atomic mass is 10.1.